The second kappa shape index (κ2) is 8.47. The van der Waals surface area contributed by atoms with E-state index in [1.165, 1.54) is 20.3 Å². The summed E-state index contributed by atoms with van der Waals surface area (Å²) in [6, 6.07) is 18.6. The molecule has 0 saturated heterocycles. The molecule has 3 aromatic carbocycles. The van der Waals surface area contributed by atoms with Crippen LogP contribution in [0.25, 0.3) is 11.0 Å². The number of hydrogen-bond acceptors (Lipinski definition) is 7. The number of carbonyl (C=O) groups excluding carboxylic acids is 1. The lowest BCUT2D eigenvalue weighted by Gasteiger charge is -2.19. The van der Waals surface area contributed by atoms with E-state index in [1.54, 1.807) is 60.7 Å². The molecular formula is C26H21NO7. The summed E-state index contributed by atoms with van der Waals surface area (Å²) in [6.07, 6.45) is -1.08. The van der Waals surface area contributed by atoms with Crippen LogP contribution in [0, 0.1) is 0 Å². The first-order chi connectivity index (χ1) is 16.5. The molecule has 0 fully saturated rings. The number of para-hydroxylation sites is 1. The van der Waals surface area contributed by atoms with Gasteiger partial charge in [0.1, 0.15) is 17.1 Å². The Morgan fingerprint density at radius 3 is 2.62 bits per heavy atom. The Bertz CT molecular complexity index is 1460. The van der Waals surface area contributed by atoms with Gasteiger partial charge in [-0.2, -0.15) is 0 Å². The molecule has 2 N–H and O–H groups in total. The molecule has 34 heavy (non-hydrogen) atoms. The molecule has 1 aromatic heterocycles. The lowest BCUT2D eigenvalue weighted by molar-refractivity contribution is -0.122. The van der Waals surface area contributed by atoms with Crippen molar-refractivity contribution in [3.8, 4) is 23.0 Å². The fourth-order valence-corrected chi connectivity index (χ4v) is 4.23. The lowest BCUT2D eigenvalue weighted by atomic mass is 9.88. The van der Waals surface area contributed by atoms with Crippen molar-refractivity contribution in [2.45, 2.75) is 12.0 Å². The van der Waals surface area contributed by atoms with Crippen LogP contribution in [0.2, 0.25) is 0 Å². The second-order valence-corrected chi connectivity index (χ2v) is 7.80. The van der Waals surface area contributed by atoms with Crippen molar-refractivity contribution in [2.75, 3.05) is 19.5 Å². The van der Waals surface area contributed by atoms with Crippen LogP contribution in [0.3, 0.4) is 0 Å². The zero-order valence-electron chi connectivity index (χ0n) is 18.4. The quantitative estimate of drug-likeness (QED) is 0.434. The molecule has 0 spiro atoms. The van der Waals surface area contributed by atoms with Gasteiger partial charge in [0.05, 0.1) is 31.1 Å². The number of ether oxygens (including phenoxy) is 3. The molecule has 1 aliphatic rings. The largest absolute Gasteiger partial charge is 0.504 e. The van der Waals surface area contributed by atoms with Gasteiger partial charge in [-0.15, -0.1) is 0 Å². The van der Waals surface area contributed by atoms with E-state index in [1.807, 2.05) is 0 Å². The highest BCUT2D eigenvalue weighted by Crippen LogP contribution is 2.45. The highest BCUT2D eigenvalue weighted by molar-refractivity contribution is 5.97. The first-order valence-corrected chi connectivity index (χ1v) is 10.5. The number of carbonyl (C=O) groups is 1. The SMILES string of the molecule is COc1cccc(NC(=O)[C@H]2Oc3c(c(=O)oc4ccccc34)[C@@H]2c2ccc(O)c(OC)c2)c1. The first kappa shape index (κ1) is 21.4. The number of anilines is 1. The lowest BCUT2D eigenvalue weighted by Crippen LogP contribution is -2.35. The molecule has 8 heteroatoms. The average Bonchev–Trinajstić information content (AvgIpc) is 3.26. The number of hydrogen-bond donors (Lipinski definition) is 2. The Balaban J connectivity index is 1.64. The summed E-state index contributed by atoms with van der Waals surface area (Å²) >= 11 is 0. The number of phenolic OH excluding ortho intramolecular Hbond substituents is 1. The maximum absolute atomic E-state index is 13.4. The number of nitrogens with one attached hydrogen (secondary N) is 1. The number of phenols is 1. The third-order valence-electron chi connectivity index (χ3n) is 5.82. The van der Waals surface area contributed by atoms with Crippen LogP contribution in [0.1, 0.15) is 17.0 Å². The van der Waals surface area contributed by atoms with Gasteiger partial charge in [0.15, 0.2) is 17.6 Å². The number of fused-ring (bicyclic) bond motifs is 3. The summed E-state index contributed by atoms with van der Waals surface area (Å²) in [5.41, 5.74) is 1.08. The van der Waals surface area contributed by atoms with Gasteiger partial charge in [0.2, 0.25) is 0 Å². The van der Waals surface area contributed by atoms with Crippen LogP contribution >= 0.6 is 0 Å². The minimum atomic E-state index is -1.08. The van der Waals surface area contributed by atoms with Crippen molar-refractivity contribution in [3.05, 3.63) is 88.3 Å². The first-order valence-electron chi connectivity index (χ1n) is 10.5. The van der Waals surface area contributed by atoms with Crippen LogP contribution in [-0.4, -0.2) is 31.3 Å². The van der Waals surface area contributed by atoms with E-state index in [4.69, 9.17) is 18.6 Å². The molecule has 2 heterocycles. The normalized spacial score (nSPS) is 16.5. The van der Waals surface area contributed by atoms with Crippen LogP contribution in [0.15, 0.2) is 75.9 Å². The van der Waals surface area contributed by atoms with E-state index in [9.17, 15) is 14.7 Å². The topological polar surface area (TPSA) is 107 Å². The van der Waals surface area contributed by atoms with Gasteiger partial charge in [0.25, 0.3) is 5.91 Å². The van der Waals surface area contributed by atoms with Crippen LogP contribution < -0.4 is 25.2 Å². The van der Waals surface area contributed by atoms with E-state index in [0.29, 0.717) is 33.7 Å². The fourth-order valence-electron chi connectivity index (χ4n) is 4.23. The zero-order valence-corrected chi connectivity index (χ0v) is 18.4. The number of rotatable bonds is 5. The van der Waals surface area contributed by atoms with Crippen molar-refractivity contribution < 1.29 is 28.5 Å². The van der Waals surface area contributed by atoms with Crippen LogP contribution in [0.5, 0.6) is 23.0 Å². The van der Waals surface area contributed by atoms with Gasteiger partial charge in [0, 0.05) is 11.8 Å². The maximum atomic E-state index is 13.4. The van der Waals surface area contributed by atoms with E-state index in [0.717, 1.165) is 0 Å². The Labute approximate surface area is 194 Å². The summed E-state index contributed by atoms with van der Waals surface area (Å²) in [5.74, 6) is -0.216. The third-order valence-corrected chi connectivity index (χ3v) is 5.82. The van der Waals surface area contributed by atoms with Gasteiger partial charge in [-0.25, -0.2) is 4.79 Å². The standard InChI is InChI=1S/C26H21NO7/c1-31-16-7-5-6-15(13-16)27-25(29)24-21(14-10-11-18(28)20(12-14)32-2)22-23(34-24)17-8-3-4-9-19(17)33-26(22)30/h3-13,21,24,28H,1-2H3,(H,27,29)/t21-,24-/m0/s1. The predicted molar refractivity (Wildman–Crippen MR) is 125 cm³/mol. The molecule has 4 aromatic rings. The molecule has 0 saturated carbocycles. The van der Waals surface area contributed by atoms with Crippen molar-refractivity contribution >= 4 is 22.6 Å². The molecule has 1 amide bonds. The number of aromatic hydroxyl groups is 1. The highest BCUT2D eigenvalue weighted by atomic mass is 16.5. The zero-order chi connectivity index (χ0) is 23.8. The Morgan fingerprint density at radius 1 is 1.00 bits per heavy atom. The fraction of sp³-hybridized carbons (Fsp3) is 0.154. The molecule has 0 unspecified atom stereocenters. The minimum absolute atomic E-state index is 0.0617. The number of amides is 1. The van der Waals surface area contributed by atoms with Gasteiger partial charge in [-0.3, -0.25) is 4.79 Å². The Kier molecular flexibility index (Phi) is 5.33. The number of methoxy groups -OCH3 is 2. The van der Waals surface area contributed by atoms with Crippen molar-refractivity contribution in [1.29, 1.82) is 0 Å². The summed E-state index contributed by atoms with van der Waals surface area (Å²) in [4.78, 5) is 26.5. The summed E-state index contributed by atoms with van der Waals surface area (Å²) in [6.45, 7) is 0. The van der Waals surface area contributed by atoms with Crippen molar-refractivity contribution in [3.63, 3.8) is 0 Å². The highest BCUT2D eigenvalue weighted by Gasteiger charge is 2.44. The van der Waals surface area contributed by atoms with E-state index in [2.05, 4.69) is 5.32 Å². The van der Waals surface area contributed by atoms with Gasteiger partial charge < -0.3 is 29.1 Å². The second-order valence-electron chi connectivity index (χ2n) is 7.80. The Morgan fingerprint density at radius 2 is 1.82 bits per heavy atom. The van der Waals surface area contributed by atoms with E-state index >= 15 is 0 Å². The van der Waals surface area contributed by atoms with E-state index in [-0.39, 0.29) is 17.1 Å². The van der Waals surface area contributed by atoms with Crippen LogP contribution in [0.4, 0.5) is 5.69 Å². The summed E-state index contributed by atoms with van der Waals surface area (Å²) in [7, 11) is 2.96. The summed E-state index contributed by atoms with van der Waals surface area (Å²) in [5, 5.41) is 13.5. The molecule has 172 valence electrons. The monoisotopic (exact) mass is 459 g/mol. The molecule has 0 aliphatic carbocycles. The summed E-state index contributed by atoms with van der Waals surface area (Å²) < 4.78 is 22.2. The smallest absolute Gasteiger partial charge is 0.344 e. The van der Waals surface area contributed by atoms with Gasteiger partial charge in [-0.1, -0.05) is 24.3 Å². The predicted octanol–water partition coefficient (Wildman–Crippen LogP) is 4.05. The molecule has 2 atom stereocenters. The third kappa shape index (κ3) is 3.59. The van der Waals surface area contributed by atoms with Crippen LogP contribution in [-0.2, 0) is 4.79 Å². The molecular weight excluding hydrogens is 438 g/mol. The van der Waals surface area contributed by atoms with Gasteiger partial charge >= 0.3 is 5.63 Å². The molecule has 5 rings (SSSR count). The minimum Gasteiger partial charge on any atom is -0.504 e. The molecule has 0 radical (unpaired) electrons. The van der Waals surface area contributed by atoms with Crippen molar-refractivity contribution in [1.82, 2.24) is 0 Å². The molecule has 1 aliphatic heterocycles. The maximum Gasteiger partial charge on any atom is 0.344 e. The van der Waals surface area contributed by atoms with Gasteiger partial charge in [-0.05, 0) is 42.0 Å². The average molecular weight is 459 g/mol. The van der Waals surface area contributed by atoms with Crippen molar-refractivity contribution in [2.24, 2.45) is 0 Å². The number of benzene rings is 3. The Hall–Kier alpha value is -4.46. The molecule has 8 nitrogen and oxygen atoms in total. The van der Waals surface area contributed by atoms with E-state index < -0.39 is 23.6 Å². The molecule has 0 bridgehead atoms.